The second-order valence-electron chi connectivity index (χ2n) is 4.40. The van der Waals surface area contributed by atoms with Gasteiger partial charge in [-0.15, -0.1) is 0 Å². The van der Waals surface area contributed by atoms with Crippen molar-refractivity contribution in [1.29, 1.82) is 0 Å². The van der Waals surface area contributed by atoms with Gasteiger partial charge in [-0.05, 0) is 37.7 Å². The predicted octanol–water partition coefficient (Wildman–Crippen LogP) is 2.42. The molecule has 21 heavy (non-hydrogen) atoms. The van der Waals surface area contributed by atoms with Gasteiger partial charge in [0.1, 0.15) is 0 Å². The van der Waals surface area contributed by atoms with Crippen LogP contribution in [0.4, 0.5) is 10.1 Å². The first kappa shape index (κ1) is 15.3. The summed E-state index contributed by atoms with van der Waals surface area (Å²) in [6.45, 7) is 1.60. The number of ether oxygens (including phenoxy) is 1. The van der Waals surface area contributed by atoms with Crippen molar-refractivity contribution in [2.24, 2.45) is 0 Å². The Hall–Kier alpha value is -2.12. The van der Waals surface area contributed by atoms with E-state index >= 15 is 0 Å². The largest absolute Gasteiger partial charge is 0.452 e. The lowest BCUT2D eigenvalue weighted by Crippen LogP contribution is -2.18. The fraction of sp³-hybridized carbons (Fsp3) is 0.143. The Morgan fingerprint density at radius 3 is 2.57 bits per heavy atom. The third-order valence-electron chi connectivity index (χ3n) is 2.94. The van der Waals surface area contributed by atoms with E-state index in [1.54, 1.807) is 19.1 Å². The Kier molecular flexibility index (Phi) is 4.15. The average molecular weight is 310 g/mol. The van der Waals surface area contributed by atoms with E-state index in [-0.39, 0.29) is 22.1 Å². The molecule has 0 atom stereocenters. The van der Waals surface area contributed by atoms with Crippen molar-refractivity contribution in [2.75, 3.05) is 12.8 Å². The molecule has 2 aromatic rings. The smallest absolute Gasteiger partial charge is 0.240 e. The van der Waals surface area contributed by atoms with Crippen molar-refractivity contribution in [3.63, 3.8) is 0 Å². The standard InChI is InChI=1S/C14H15FN2O3S/c1-9-4-3-5-12(14(9)15)20-13-8-10(6-7-11(13)16)21(18,19)17-2/h3-8,17H,16H2,1-2H3. The number of nitrogens with one attached hydrogen (secondary N) is 1. The molecule has 2 aromatic carbocycles. The van der Waals surface area contributed by atoms with E-state index in [0.717, 1.165) is 0 Å². The molecule has 0 aliphatic carbocycles. The zero-order valence-corrected chi connectivity index (χ0v) is 12.4. The van der Waals surface area contributed by atoms with Gasteiger partial charge in [0, 0.05) is 6.07 Å². The molecule has 0 saturated carbocycles. The Balaban J connectivity index is 2.45. The van der Waals surface area contributed by atoms with Crippen LogP contribution in [0.25, 0.3) is 0 Å². The Labute approximate surface area is 122 Å². The number of aryl methyl sites for hydroxylation is 1. The molecule has 0 amide bonds. The molecule has 0 radical (unpaired) electrons. The van der Waals surface area contributed by atoms with Crippen LogP contribution in [0.1, 0.15) is 5.56 Å². The molecule has 0 heterocycles. The molecule has 0 spiro atoms. The molecular formula is C14H15FN2O3S. The lowest BCUT2D eigenvalue weighted by Gasteiger charge is -2.12. The summed E-state index contributed by atoms with van der Waals surface area (Å²) in [4.78, 5) is -0.0118. The van der Waals surface area contributed by atoms with Crippen LogP contribution in [0.15, 0.2) is 41.3 Å². The van der Waals surface area contributed by atoms with Crippen molar-refractivity contribution >= 4 is 15.7 Å². The van der Waals surface area contributed by atoms with Gasteiger partial charge in [-0.3, -0.25) is 0 Å². The number of halogens is 1. The van der Waals surface area contributed by atoms with E-state index in [2.05, 4.69) is 4.72 Å². The first-order chi connectivity index (χ1) is 9.85. The maximum Gasteiger partial charge on any atom is 0.240 e. The highest BCUT2D eigenvalue weighted by Gasteiger charge is 2.15. The van der Waals surface area contributed by atoms with Gasteiger partial charge >= 0.3 is 0 Å². The van der Waals surface area contributed by atoms with E-state index in [9.17, 15) is 12.8 Å². The van der Waals surface area contributed by atoms with E-state index in [4.69, 9.17) is 10.5 Å². The molecule has 0 aliphatic rings. The van der Waals surface area contributed by atoms with Gasteiger partial charge in [0.25, 0.3) is 0 Å². The molecule has 0 aliphatic heterocycles. The molecule has 2 rings (SSSR count). The van der Waals surface area contributed by atoms with E-state index < -0.39 is 15.8 Å². The van der Waals surface area contributed by atoms with Gasteiger partial charge in [-0.25, -0.2) is 17.5 Å². The Bertz CT molecular complexity index is 776. The monoisotopic (exact) mass is 310 g/mol. The van der Waals surface area contributed by atoms with Gasteiger partial charge in [0.15, 0.2) is 17.3 Å². The minimum Gasteiger partial charge on any atom is -0.452 e. The third kappa shape index (κ3) is 3.14. The zero-order chi connectivity index (χ0) is 15.6. The van der Waals surface area contributed by atoms with Gasteiger partial charge in [-0.1, -0.05) is 12.1 Å². The molecule has 0 saturated heterocycles. The lowest BCUT2D eigenvalue weighted by molar-refractivity contribution is 0.440. The number of benzene rings is 2. The molecule has 3 N–H and O–H groups in total. The number of rotatable bonds is 4. The highest BCUT2D eigenvalue weighted by molar-refractivity contribution is 7.89. The van der Waals surface area contributed by atoms with Crippen LogP contribution >= 0.6 is 0 Å². The number of sulfonamides is 1. The van der Waals surface area contributed by atoms with Crippen LogP contribution in [-0.4, -0.2) is 15.5 Å². The van der Waals surface area contributed by atoms with E-state index in [1.165, 1.54) is 31.3 Å². The van der Waals surface area contributed by atoms with Crippen molar-refractivity contribution in [3.8, 4) is 11.5 Å². The molecule has 0 bridgehead atoms. The fourth-order valence-corrected chi connectivity index (χ4v) is 2.45. The van der Waals surface area contributed by atoms with Crippen molar-refractivity contribution in [3.05, 3.63) is 47.8 Å². The van der Waals surface area contributed by atoms with Crippen LogP contribution in [0.3, 0.4) is 0 Å². The van der Waals surface area contributed by atoms with Crippen molar-refractivity contribution in [2.45, 2.75) is 11.8 Å². The van der Waals surface area contributed by atoms with Crippen LogP contribution in [0.2, 0.25) is 0 Å². The summed E-state index contributed by atoms with van der Waals surface area (Å²) in [5, 5.41) is 0. The topological polar surface area (TPSA) is 81.4 Å². The predicted molar refractivity (Wildman–Crippen MR) is 78.3 cm³/mol. The Morgan fingerprint density at radius 1 is 1.19 bits per heavy atom. The number of nitrogen functional groups attached to an aromatic ring is 1. The van der Waals surface area contributed by atoms with Crippen molar-refractivity contribution < 1.29 is 17.5 Å². The first-order valence-corrected chi connectivity index (χ1v) is 7.59. The quantitative estimate of drug-likeness (QED) is 0.850. The maximum atomic E-state index is 13.9. The van der Waals surface area contributed by atoms with Crippen LogP contribution in [0.5, 0.6) is 11.5 Å². The van der Waals surface area contributed by atoms with Gasteiger partial charge in [0.2, 0.25) is 10.0 Å². The molecule has 5 nitrogen and oxygen atoms in total. The maximum absolute atomic E-state index is 13.9. The van der Waals surface area contributed by atoms with Crippen LogP contribution in [0, 0.1) is 12.7 Å². The summed E-state index contributed by atoms with van der Waals surface area (Å²) in [5.41, 5.74) is 6.38. The highest BCUT2D eigenvalue weighted by atomic mass is 32.2. The number of nitrogens with two attached hydrogens (primary N) is 1. The summed E-state index contributed by atoms with van der Waals surface area (Å²) in [6, 6.07) is 8.68. The SMILES string of the molecule is CNS(=O)(=O)c1ccc(N)c(Oc2cccc(C)c2F)c1. The minimum absolute atomic E-state index is 0.0118. The summed E-state index contributed by atoms with van der Waals surface area (Å²) in [6.07, 6.45) is 0. The summed E-state index contributed by atoms with van der Waals surface area (Å²) < 4.78 is 45.0. The second-order valence-corrected chi connectivity index (χ2v) is 6.28. The molecule has 112 valence electrons. The van der Waals surface area contributed by atoms with Gasteiger partial charge in [0.05, 0.1) is 10.6 Å². The Morgan fingerprint density at radius 2 is 1.90 bits per heavy atom. The number of hydrogen-bond donors (Lipinski definition) is 2. The van der Waals surface area contributed by atoms with Crippen LogP contribution < -0.4 is 15.2 Å². The zero-order valence-electron chi connectivity index (χ0n) is 11.6. The summed E-state index contributed by atoms with van der Waals surface area (Å²) in [5.74, 6) is -0.449. The van der Waals surface area contributed by atoms with E-state index in [0.29, 0.717) is 5.56 Å². The van der Waals surface area contributed by atoms with E-state index in [1.807, 2.05) is 0 Å². The molecule has 0 aromatic heterocycles. The van der Waals surface area contributed by atoms with Crippen LogP contribution in [-0.2, 0) is 10.0 Å². The lowest BCUT2D eigenvalue weighted by atomic mass is 10.2. The average Bonchev–Trinajstić information content (AvgIpc) is 2.46. The fourth-order valence-electron chi connectivity index (χ4n) is 1.71. The van der Waals surface area contributed by atoms with Crippen molar-refractivity contribution in [1.82, 2.24) is 4.72 Å². The molecule has 0 unspecified atom stereocenters. The molecule has 7 heteroatoms. The first-order valence-electron chi connectivity index (χ1n) is 6.11. The third-order valence-corrected chi connectivity index (χ3v) is 4.35. The van der Waals surface area contributed by atoms with Gasteiger partial charge in [-0.2, -0.15) is 0 Å². The summed E-state index contributed by atoms with van der Waals surface area (Å²) >= 11 is 0. The number of anilines is 1. The second kappa shape index (κ2) is 5.71. The number of hydrogen-bond acceptors (Lipinski definition) is 4. The normalized spacial score (nSPS) is 11.4. The molecular weight excluding hydrogens is 295 g/mol. The summed E-state index contributed by atoms with van der Waals surface area (Å²) in [7, 11) is -2.33. The van der Waals surface area contributed by atoms with Gasteiger partial charge < -0.3 is 10.5 Å². The molecule has 0 fully saturated rings. The minimum atomic E-state index is -3.63. The highest BCUT2D eigenvalue weighted by Crippen LogP contribution is 2.32.